The summed E-state index contributed by atoms with van der Waals surface area (Å²) >= 11 is 0. The Morgan fingerprint density at radius 2 is 1.68 bits per heavy atom. The van der Waals surface area contributed by atoms with Crippen molar-refractivity contribution in [3.8, 4) is 0 Å². The zero-order valence-corrected chi connectivity index (χ0v) is 12.8. The summed E-state index contributed by atoms with van der Waals surface area (Å²) in [5.41, 5.74) is 2.80. The van der Waals surface area contributed by atoms with Gasteiger partial charge in [0.1, 0.15) is 5.78 Å². The Morgan fingerprint density at radius 1 is 1.11 bits per heavy atom. The van der Waals surface area contributed by atoms with Crippen LogP contribution in [0.2, 0.25) is 0 Å². The van der Waals surface area contributed by atoms with Gasteiger partial charge in [0.25, 0.3) is 0 Å². The molecule has 0 atom stereocenters. The number of hydrogen-bond acceptors (Lipinski definition) is 2. The lowest BCUT2D eigenvalue weighted by atomic mass is 10.0. The molecule has 0 saturated heterocycles. The van der Waals surface area contributed by atoms with Crippen molar-refractivity contribution in [1.82, 2.24) is 4.90 Å². The molecule has 19 heavy (non-hydrogen) atoms. The van der Waals surface area contributed by atoms with E-state index in [1.165, 1.54) is 11.1 Å². The van der Waals surface area contributed by atoms with E-state index in [0.29, 0.717) is 12.3 Å². The van der Waals surface area contributed by atoms with Gasteiger partial charge in [-0.15, -0.1) is 0 Å². The van der Waals surface area contributed by atoms with Gasteiger partial charge in [0, 0.05) is 19.5 Å². The van der Waals surface area contributed by atoms with Gasteiger partial charge in [0.2, 0.25) is 0 Å². The molecule has 0 amide bonds. The Bertz CT molecular complexity index is 381. The van der Waals surface area contributed by atoms with E-state index in [4.69, 9.17) is 0 Å². The number of rotatable bonds is 8. The van der Waals surface area contributed by atoms with Crippen LogP contribution >= 0.6 is 0 Å². The van der Waals surface area contributed by atoms with Gasteiger partial charge >= 0.3 is 0 Å². The second kappa shape index (κ2) is 8.11. The highest BCUT2D eigenvalue weighted by Crippen LogP contribution is 2.10. The van der Waals surface area contributed by atoms with Crippen LogP contribution in [0, 0.1) is 5.92 Å². The number of carbonyl (C=O) groups excluding carboxylic acids is 1. The molecule has 0 fully saturated rings. The first-order valence-corrected chi connectivity index (χ1v) is 7.23. The van der Waals surface area contributed by atoms with Crippen molar-refractivity contribution in [3.63, 3.8) is 0 Å². The van der Waals surface area contributed by atoms with Crippen molar-refractivity contribution in [2.75, 3.05) is 20.1 Å². The highest BCUT2D eigenvalue weighted by molar-refractivity contribution is 5.75. The Morgan fingerprint density at radius 3 is 2.21 bits per heavy atom. The predicted octanol–water partition coefficient (Wildman–Crippen LogP) is 3.34. The van der Waals surface area contributed by atoms with Gasteiger partial charge in [-0.05, 0) is 43.9 Å². The van der Waals surface area contributed by atoms with Gasteiger partial charge < -0.3 is 4.90 Å². The molecule has 0 aliphatic rings. The van der Waals surface area contributed by atoms with Crippen LogP contribution in [0.1, 0.15) is 38.3 Å². The van der Waals surface area contributed by atoms with Crippen molar-refractivity contribution in [2.24, 2.45) is 5.92 Å². The summed E-state index contributed by atoms with van der Waals surface area (Å²) in [6, 6.07) is 8.95. The Balaban J connectivity index is 2.35. The first kappa shape index (κ1) is 15.9. The maximum absolute atomic E-state index is 10.9. The van der Waals surface area contributed by atoms with E-state index in [0.717, 1.165) is 25.9 Å². The van der Waals surface area contributed by atoms with E-state index in [2.05, 4.69) is 50.1 Å². The van der Waals surface area contributed by atoms with Crippen molar-refractivity contribution in [1.29, 1.82) is 0 Å². The summed E-state index contributed by atoms with van der Waals surface area (Å²) in [5, 5.41) is 0. The standard InChI is InChI=1S/C17H27NO/c1-14(2)13-17-7-5-16(6-8-17)10-12-18(4)11-9-15(3)19/h5-8,14H,9-13H2,1-4H3. The van der Waals surface area contributed by atoms with Gasteiger partial charge in [-0.1, -0.05) is 38.1 Å². The van der Waals surface area contributed by atoms with Crippen LogP contribution in [0.25, 0.3) is 0 Å². The zero-order valence-electron chi connectivity index (χ0n) is 12.8. The molecule has 0 N–H and O–H groups in total. The Labute approximate surface area is 117 Å². The molecular formula is C17H27NO. The number of likely N-dealkylation sites (N-methyl/N-ethyl adjacent to an activating group) is 1. The quantitative estimate of drug-likeness (QED) is 0.715. The fourth-order valence-electron chi connectivity index (χ4n) is 2.09. The molecule has 2 nitrogen and oxygen atoms in total. The number of Topliss-reactive ketones (excluding diaryl/α,β-unsaturated/α-hetero) is 1. The first-order valence-electron chi connectivity index (χ1n) is 7.23. The van der Waals surface area contributed by atoms with Gasteiger partial charge in [-0.25, -0.2) is 0 Å². The SMILES string of the molecule is CC(=O)CCN(C)CCc1ccc(CC(C)C)cc1. The highest BCUT2D eigenvalue weighted by Gasteiger charge is 2.02. The lowest BCUT2D eigenvalue weighted by Crippen LogP contribution is -2.23. The summed E-state index contributed by atoms with van der Waals surface area (Å²) in [6.45, 7) is 8.02. The molecule has 0 aromatic heterocycles. The van der Waals surface area contributed by atoms with E-state index < -0.39 is 0 Å². The minimum absolute atomic E-state index is 0.268. The minimum Gasteiger partial charge on any atom is -0.306 e. The molecular weight excluding hydrogens is 234 g/mol. The molecule has 1 rings (SSSR count). The molecule has 0 aliphatic carbocycles. The van der Waals surface area contributed by atoms with Crippen LogP contribution < -0.4 is 0 Å². The predicted molar refractivity (Wildman–Crippen MR) is 81.5 cm³/mol. The largest absolute Gasteiger partial charge is 0.306 e. The smallest absolute Gasteiger partial charge is 0.131 e. The van der Waals surface area contributed by atoms with Gasteiger partial charge in [-0.3, -0.25) is 4.79 Å². The van der Waals surface area contributed by atoms with Gasteiger partial charge in [0.15, 0.2) is 0 Å². The molecule has 0 radical (unpaired) electrons. The van der Waals surface area contributed by atoms with Crippen molar-refractivity contribution >= 4 is 5.78 Å². The average molecular weight is 261 g/mol. The van der Waals surface area contributed by atoms with E-state index >= 15 is 0 Å². The van der Waals surface area contributed by atoms with Crippen molar-refractivity contribution < 1.29 is 4.79 Å². The topological polar surface area (TPSA) is 20.3 Å². The third kappa shape index (κ3) is 7.12. The molecule has 0 heterocycles. The summed E-state index contributed by atoms with van der Waals surface area (Å²) in [4.78, 5) is 13.1. The summed E-state index contributed by atoms with van der Waals surface area (Å²) < 4.78 is 0. The van der Waals surface area contributed by atoms with Gasteiger partial charge in [0.05, 0.1) is 0 Å². The molecule has 1 aromatic carbocycles. The molecule has 106 valence electrons. The Hall–Kier alpha value is -1.15. The van der Waals surface area contributed by atoms with Crippen LogP contribution in [-0.2, 0) is 17.6 Å². The molecule has 0 aliphatic heterocycles. The lowest BCUT2D eigenvalue weighted by molar-refractivity contribution is -0.117. The van der Waals surface area contributed by atoms with Gasteiger partial charge in [-0.2, -0.15) is 0 Å². The maximum atomic E-state index is 10.9. The van der Waals surface area contributed by atoms with E-state index in [-0.39, 0.29) is 5.78 Å². The van der Waals surface area contributed by atoms with Crippen LogP contribution in [-0.4, -0.2) is 30.8 Å². The van der Waals surface area contributed by atoms with E-state index in [1.54, 1.807) is 6.92 Å². The monoisotopic (exact) mass is 261 g/mol. The number of ketones is 1. The molecule has 0 saturated carbocycles. The van der Waals surface area contributed by atoms with E-state index in [9.17, 15) is 4.79 Å². The normalized spacial score (nSPS) is 11.3. The minimum atomic E-state index is 0.268. The number of benzene rings is 1. The van der Waals surface area contributed by atoms with Crippen LogP contribution in [0.3, 0.4) is 0 Å². The molecule has 0 unspecified atom stereocenters. The average Bonchev–Trinajstić information content (AvgIpc) is 2.35. The molecule has 1 aromatic rings. The van der Waals surface area contributed by atoms with Crippen LogP contribution in [0.5, 0.6) is 0 Å². The number of carbonyl (C=O) groups is 1. The molecule has 0 bridgehead atoms. The third-order valence-corrected chi connectivity index (χ3v) is 3.29. The summed E-state index contributed by atoms with van der Waals surface area (Å²) in [7, 11) is 2.08. The third-order valence-electron chi connectivity index (χ3n) is 3.29. The van der Waals surface area contributed by atoms with E-state index in [1.807, 2.05) is 0 Å². The van der Waals surface area contributed by atoms with Crippen LogP contribution in [0.15, 0.2) is 24.3 Å². The summed E-state index contributed by atoms with van der Waals surface area (Å²) in [5.74, 6) is 0.980. The fraction of sp³-hybridized carbons (Fsp3) is 0.588. The van der Waals surface area contributed by atoms with Crippen molar-refractivity contribution in [2.45, 2.75) is 40.0 Å². The Kier molecular flexibility index (Phi) is 6.79. The zero-order chi connectivity index (χ0) is 14.3. The summed E-state index contributed by atoms with van der Waals surface area (Å²) in [6.07, 6.45) is 2.86. The van der Waals surface area contributed by atoms with Crippen LogP contribution in [0.4, 0.5) is 0 Å². The maximum Gasteiger partial charge on any atom is 0.131 e. The number of hydrogen-bond donors (Lipinski definition) is 0. The molecule has 0 spiro atoms. The first-order chi connectivity index (χ1) is 8.97. The van der Waals surface area contributed by atoms with Crippen molar-refractivity contribution in [3.05, 3.63) is 35.4 Å². The molecule has 2 heteroatoms. The fourth-order valence-corrected chi connectivity index (χ4v) is 2.09. The lowest BCUT2D eigenvalue weighted by Gasteiger charge is -2.15. The highest BCUT2D eigenvalue weighted by atomic mass is 16.1. The second-order valence-corrected chi connectivity index (χ2v) is 5.92. The second-order valence-electron chi connectivity index (χ2n) is 5.92. The number of nitrogens with zero attached hydrogens (tertiary/aromatic N) is 1.